The first-order chi connectivity index (χ1) is 14.0. The first-order valence-corrected chi connectivity index (χ1v) is 9.21. The van der Waals surface area contributed by atoms with Gasteiger partial charge in [-0.1, -0.05) is 13.0 Å². The third kappa shape index (κ3) is 6.38. The van der Waals surface area contributed by atoms with Gasteiger partial charge in [0, 0.05) is 12.0 Å². The Morgan fingerprint density at radius 3 is 2.34 bits per heavy atom. The predicted molar refractivity (Wildman–Crippen MR) is 106 cm³/mol. The zero-order valence-electron chi connectivity index (χ0n) is 16.7. The van der Waals surface area contributed by atoms with Crippen LogP contribution in [0, 0.1) is 5.82 Å². The third-order valence-electron chi connectivity index (χ3n) is 4.06. The first-order valence-electron chi connectivity index (χ1n) is 9.21. The van der Waals surface area contributed by atoms with Crippen LogP contribution in [0.3, 0.4) is 0 Å². The van der Waals surface area contributed by atoms with Crippen LogP contribution in [0.5, 0.6) is 17.2 Å². The summed E-state index contributed by atoms with van der Waals surface area (Å²) >= 11 is 0. The van der Waals surface area contributed by atoms with Crippen molar-refractivity contribution in [3.8, 4) is 17.2 Å². The average molecular weight is 404 g/mol. The van der Waals surface area contributed by atoms with Gasteiger partial charge in [-0.05, 0) is 48.7 Å². The van der Waals surface area contributed by atoms with E-state index in [0.29, 0.717) is 35.7 Å². The number of benzene rings is 2. The molecule has 0 aliphatic rings. The average Bonchev–Trinajstić information content (AvgIpc) is 2.74. The number of carbonyl (C=O) groups is 2. The molecule has 7 nitrogen and oxygen atoms in total. The highest BCUT2D eigenvalue weighted by Crippen LogP contribution is 2.28. The molecule has 0 radical (unpaired) electrons. The second-order valence-electron chi connectivity index (χ2n) is 6.19. The summed E-state index contributed by atoms with van der Waals surface area (Å²) in [4.78, 5) is 24.2. The monoisotopic (exact) mass is 404 g/mol. The van der Waals surface area contributed by atoms with Gasteiger partial charge in [0.2, 0.25) is 5.91 Å². The summed E-state index contributed by atoms with van der Waals surface area (Å²) in [6.07, 6.45) is 1.25. The summed E-state index contributed by atoms with van der Waals surface area (Å²) in [7, 11) is 2.87. The van der Waals surface area contributed by atoms with Crippen molar-refractivity contribution in [2.75, 3.05) is 20.8 Å². The Labute approximate surface area is 169 Å². The SMILES string of the molecule is CCCOc1ccc(C(=O)NNC(=O)CCc2ccc(OC)c(F)c2)cc1OC. The number of hydrazine groups is 1. The smallest absolute Gasteiger partial charge is 0.269 e. The highest BCUT2D eigenvalue weighted by molar-refractivity contribution is 5.96. The Hall–Kier alpha value is -3.29. The molecule has 2 N–H and O–H groups in total. The maximum absolute atomic E-state index is 13.7. The van der Waals surface area contributed by atoms with E-state index in [4.69, 9.17) is 14.2 Å². The maximum atomic E-state index is 13.7. The van der Waals surface area contributed by atoms with Gasteiger partial charge in [-0.25, -0.2) is 4.39 Å². The predicted octanol–water partition coefficient (Wildman–Crippen LogP) is 3.03. The summed E-state index contributed by atoms with van der Waals surface area (Å²) in [5.41, 5.74) is 5.65. The van der Waals surface area contributed by atoms with Crippen LogP contribution in [0.25, 0.3) is 0 Å². The summed E-state index contributed by atoms with van der Waals surface area (Å²) in [6, 6.07) is 9.26. The van der Waals surface area contributed by atoms with E-state index >= 15 is 0 Å². The van der Waals surface area contributed by atoms with Crippen LogP contribution in [0.4, 0.5) is 4.39 Å². The molecule has 29 heavy (non-hydrogen) atoms. The second kappa shape index (κ2) is 10.9. The molecule has 8 heteroatoms. The fourth-order valence-corrected chi connectivity index (χ4v) is 2.52. The lowest BCUT2D eigenvalue weighted by atomic mass is 10.1. The molecular weight excluding hydrogens is 379 g/mol. The molecule has 0 spiro atoms. The summed E-state index contributed by atoms with van der Waals surface area (Å²) in [5.74, 6) is -0.259. The van der Waals surface area contributed by atoms with Crippen molar-refractivity contribution in [1.29, 1.82) is 0 Å². The van der Waals surface area contributed by atoms with Crippen molar-refractivity contribution in [3.05, 3.63) is 53.3 Å². The number of halogens is 1. The van der Waals surface area contributed by atoms with Crippen LogP contribution in [0.1, 0.15) is 35.7 Å². The van der Waals surface area contributed by atoms with Gasteiger partial charge in [0.25, 0.3) is 5.91 Å². The van der Waals surface area contributed by atoms with E-state index in [9.17, 15) is 14.0 Å². The number of ether oxygens (including phenoxy) is 3. The normalized spacial score (nSPS) is 10.2. The Balaban J connectivity index is 1.86. The Bertz CT molecular complexity index is 857. The van der Waals surface area contributed by atoms with E-state index in [0.717, 1.165) is 6.42 Å². The van der Waals surface area contributed by atoms with Crippen molar-refractivity contribution in [2.24, 2.45) is 0 Å². The van der Waals surface area contributed by atoms with E-state index < -0.39 is 17.6 Å². The highest BCUT2D eigenvalue weighted by Gasteiger charge is 2.12. The molecule has 2 amide bonds. The van der Waals surface area contributed by atoms with Crippen molar-refractivity contribution in [3.63, 3.8) is 0 Å². The third-order valence-corrected chi connectivity index (χ3v) is 4.06. The van der Waals surface area contributed by atoms with E-state index in [-0.39, 0.29) is 12.2 Å². The van der Waals surface area contributed by atoms with Gasteiger partial charge in [0.05, 0.1) is 20.8 Å². The summed E-state index contributed by atoms with van der Waals surface area (Å²) in [6.45, 7) is 2.53. The van der Waals surface area contributed by atoms with Gasteiger partial charge >= 0.3 is 0 Å². The number of aryl methyl sites for hydroxylation is 1. The Morgan fingerprint density at radius 2 is 1.69 bits per heavy atom. The van der Waals surface area contributed by atoms with E-state index in [2.05, 4.69) is 10.9 Å². The molecule has 2 aromatic rings. The molecule has 0 saturated heterocycles. The number of rotatable bonds is 9. The minimum Gasteiger partial charge on any atom is -0.494 e. The van der Waals surface area contributed by atoms with Crippen molar-refractivity contribution >= 4 is 11.8 Å². The number of hydrogen-bond donors (Lipinski definition) is 2. The Kier molecular flexibility index (Phi) is 8.27. The summed E-state index contributed by atoms with van der Waals surface area (Å²) < 4.78 is 29.3. The topological polar surface area (TPSA) is 85.9 Å². The molecule has 0 bridgehead atoms. The number of methoxy groups -OCH3 is 2. The molecule has 0 aliphatic heterocycles. The van der Waals surface area contributed by atoms with Crippen LogP contribution in [0.2, 0.25) is 0 Å². The molecule has 0 atom stereocenters. The molecule has 156 valence electrons. The minimum atomic E-state index is -0.491. The largest absolute Gasteiger partial charge is 0.494 e. The molecule has 0 fully saturated rings. The van der Waals surface area contributed by atoms with Crippen molar-refractivity contribution in [2.45, 2.75) is 26.2 Å². The van der Waals surface area contributed by atoms with Crippen LogP contribution < -0.4 is 25.1 Å². The molecule has 0 unspecified atom stereocenters. The molecule has 0 heterocycles. The second-order valence-corrected chi connectivity index (χ2v) is 6.19. The highest BCUT2D eigenvalue weighted by atomic mass is 19.1. The van der Waals surface area contributed by atoms with Crippen LogP contribution >= 0.6 is 0 Å². The van der Waals surface area contributed by atoms with E-state index in [1.165, 1.54) is 32.4 Å². The molecular formula is C21H25FN2O5. The lowest BCUT2D eigenvalue weighted by Gasteiger charge is -2.12. The molecule has 0 aromatic heterocycles. The van der Waals surface area contributed by atoms with Crippen molar-refractivity contribution in [1.82, 2.24) is 10.9 Å². The minimum absolute atomic E-state index is 0.0825. The lowest BCUT2D eigenvalue weighted by Crippen LogP contribution is -2.41. The number of carbonyl (C=O) groups excluding carboxylic acids is 2. The van der Waals surface area contributed by atoms with Crippen LogP contribution in [-0.2, 0) is 11.2 Å². The van der Waals surface area contributed by atoms with Gasteiger partial charge < -0.3 is 14.2 Å². The lowest BCUT2D eigenvalue weighted by molar-refractivity contribution is -0.121. The molecule has 2 rings (SSSR count). The van der Waals surface area contributed by atoms with Crippen molar-refractivity contribution < 1.29 is 28.2 Å². The van der Waals surface area contributed by atoms with Crippen LogP contribution in [0.15, 0.2) is 36.4 Å². The van der Waals surface area contributed by atoms with Gasteiger partial charge in [0.15, 0.2) is 23.1 Å². The first kappa shape index (κ1) is 22.0. The fraction of sp³-hybridized carbons (Fsp3) is 0.333. The zero-order valence-corrected chi connectivity index (χ0v) is 16.7. The van der Waals surface area contributed by atoms with Gasteiger partial charge in [-0.2, -0.15) is 0 Å². The van der Waals surface area contributed by atoms with E-state index in [1.54, 1.807) is 18.2 Å². The molecule has 0 aliphatic carbocycles. The quantitative estimate of drug-likeness (QED) is 0.628. The number of hydrogen-bond acceptors (Lipinski definition) is 5. The summed E-state index contributed by atoms with van der Waals surface area (Å²) in [5, 5.41) is 0. The zero-order chi connectivity index (χ0) is 21.2. The van der Waals surface area contributed by atoms with Gasteiger partial charge in [-0.15, -0.1) is 0 Å². The van der Waals surface area contributed by atoms with Gasteiger partial charge in [0.1, 0.15) is 0 Å². The van der Waals surface area contributed by atoms with Crippen LogP contribution in [-0.4, -0.2) is 32.6 Å². The standard InChI is InChI=1S/C21H25FN2O5/c1-4-11-29-18-9-7-15(13-19(18)28-3)21(26)24-23-20(25)10-6-14-5-8-17(27-2)16(22)12-14/h5,7-9,12-13H,4,6,10-11H2,1-3H3,(H,23,25)(H,24,26). The Morgan fingerprint density at radius 1 is 0.966 bits per heavy atom. The fourth-order valence-electron chi connectivity index (χ4n) is 2.52. The number of amides is 2. The maximum Gasteiger partial charge on any atom is 0.269 e. The molecule has 0 saturated carbocycles. The van der Waals surface area contributed by atoms with Gasteiger partial charge in [-0.3, -0.25) is 20.4 Å². The number of nitrogens with one attached hydrogen (secondary N) is 2. The van der Waals surface area contributed by atoms with E-state index in [1.807, 2.05) is 6.92 Å². The molecule has 2 aromatic carbocycles.